The van der Waals surface area contributed by atoms with Gasteiger partial charge in [0.2, 0.25) is 0 Å². The summed E-state index contributed by atoms with van der Waals surface area (Å²) in [4.78, 5) is 38.6. The van der Waals surface area contributed by atoms with Gasteiger partial charge in [-0.1, -0.05) is 11.6 Å². The molecule has 2 rings (SSSR count). The Bertz CT molecular complexity index is 841. The number of pyridine rings is 1. The molecule has 2 N–H and O–H groups in total. The topological polar surface area (TPSA) is 123 Å². The average molecular weight is 379 g/mol. The summed E-state index contributed by atoms with van der Waals surface area (Å²) in [5.74, 6) is -1.23. The lowest BCUT2D eigenvalue weighted by Crippen LogP contribution is -2.30. The quantitative estimate of drug-likeness (QED) is 0.450. The van der Waals surface area contributed by atoms with Gasteiger partial charge < -0.3 is 15.4 Å². The van der Waals surface area contributed by atoms with E-state index in [0.717, 1.165) is 6.07 Å². The standard InChI is InChI=1S/C16H15ClN4O5/c1-9(15(22)20-14-6-3-10(17)8-19-14)26-16(23)12-7-11(21(24)25)4-5-13(12)18-2/h3-9,18H,1-2H3,(H,19,20,22)/t9-/m1/s1. The van der Waals surface area contributed by atoms with Crippen LogP contribution in [-0.4, -0.2) is 34.9 Å². The fraction of sp³-hybridized carbons (Fsp3) is 0.188. The molecule has 1 atom stereocenters. The van der Waals surface area contributed by atoms with Gasteiger partial charge >= 0.3 is 5.97 Å². The van der Waals surface area contributed by atoms with E-state index < -0.39 is 22.9 Å². The molecule has 0 bridgehead atoms. The number of halogens is 1. The number of nitrogens with one attached hydrogen (secondary N) is 2. The van der Waals surface area contributed by atoms with Gasteiger partial charge in [0.25, 0.3) is 11.6 Å². The zero-order valence-electron chi connectivity index (χ0n) is 13.9. The number of hydrogen-bond acceptors (Lipinski definition) is 7. The van der Waals surface area contributed by atoms with E-state index in [-0.39, 0.29) is 17.1 Å². The molecular formula is C16H15ClN4O5. The van der Waals surface area contributed by atoms with Crippen LogP contribution in [0.5, 0.6) is 0 Å². The number of carbonyl (C=O) groups excluding carboxylic acids is 2. The molecule has 0 saturated carbocycles. The molecule has 2 aromatic rings. The molecule has 136 valence electrons. The van der Waals surface area contributed by atoms with Crippen LogP contribution in [0.4, 0.5) is 17.2 Å². The van der Waals surface area contributed by atoms with Crippen molar-refractivity contribution in [3.63, 3.8) is 0 Å². The lowest BCUT2D eigenvalue weighted by atomic mass is 10.1. The van der Waals surface area contributed by atoms with E-state index in [0.29, 0.717) is 10.7 Å². The molecular weight excluding hydrogens is 364 g/mol. The molecule has 0 fully saturated rings. The highest BCUT2D eigenvalue weighted by molar-refractivity contribution is 6.30. The lowest BCUT2D eigenvalue weighted by Gasteiger charge is -2.14. The number of nitro groups is 1. The summed E-state index contributed by atoms with van der Waals surface area (Å²) in [6.45, 7) is 1.37. The number of nitro benzene ring substituents is 1. The van der Waals surface area contributed by atoms with E-state index in [9.17, 15) is 19.7 Å². The Kier molecular flexibility index (Phi) is 6.07. The molecule has 10 heteroatoms. The monoisotopic (exact) mass is 378 g/mol. The van der Waals surface area contributed by atoms with E-state index >= 15 is 0 Å². The van der Waals surface area contributed by atoms with Gasteiger partial charge in [0.1, 0.15) is 5.82 Å². The summed E-state index contributed by atoms with van der Waals surface area (Å²) >= 11 is 5.71. The third kappa shape index (κ3) is 4.67. The molecule has 1 amide bonds. The molecule has 1 aromatic carbocycles. The van der Waals surface area contributed by atoms with Crippen molar-refractivity contribution in [2.45, 2.75) is 13.0 Å². The maximum Gasteiger partial charge on any atom is 0.341 e. The van der Waals surface area contributed by atoms with Crippen molar-refractivity contribution in [3.05, 3.63) is 57.2 Å². The number of nitrogens with zero attached hydrogens (tertiary/aromatic N) is 2. The van der Waals surface area contributed by atoms with Crippen LogP contribution in [0.3, 0.4) is 0 Å². The Morgan fingerprint density at radius 2 is 2.04 bits per heavy atom. The van der Waals surface area contributed by atoms with E-state index in [1.54, 1.807) is 13.1 Å². The minimum atomic E-state index is -1.15. The first-order valence-electron chi connectivity index (χ1n) is 7.41. The first-order valence-corrected chi connectivity index (χ1v) is 7.79. The van der Waals surface area contributed by atoms with Crippen LogP contribution in [0.25, 0.3) is 0 Å². The van der Waals surface area contributed by atoms with Crippen LogP contribution < -0.4 is 10.6 Å². The van der Waals surface area contributed by atoms with Gasteiger partial charge in [0.15, 0.2) is 6.10 Å². The van der Waals surface area contributed by atoms with Crippen molar-refractivity contribution >= 4 is 40.7 Å². The first-order chi connectivity index (χ1) is 12.3. The predicted molar refractivity (Wildman–Crippen MR) is 95.4 cm³/mol. The highest BCUT2D eigenvalue weighted by Crippen LogP contribution is 2.23. The van der Waals surface area contributed by atoms with Crippen molar-refractivity contribution < 1.29 is 19.2 Å². The molecule has 0 spiro atoms. The zero-order chi connectivity index (χ0) is 19.3. The first kappa shape index (κ1) is 19.1. The van der Waals surface area contributed by atoms with E-state index in [4.69, 9.17) is 16.3 Å². The van der Waals surface area contributed by atoms with E-state index in [2.05, 4.69) is 15.6 Å². The van der Waals surface area contributed by atoms with Gasteiger partial charge in [-0.2, -0.15) is 0 Å². The van der Waals surface area contributed by atoms with E-state index in [1.807, 2.05) is 0 Å². The number of benzene rings is 1. The maximum absolute atomic E-state index is 12.3. The van der Waals surface area contributed by atoms with Gasteiger partial charge in [-0.25, -0.2) is 9.78 Å². The van der Waals surface area contributed by atoms with Crippen LogP contribution in [-0.2, 0) is 9.53 Å². The van der Waals surface area contributed by atoms with Gasteiger partial charge in [-0.3, -0.25) is 14.9 Å². The smallest absolute Gasteiger partial charge is 0.341 e. The van der Waals surface area contributed by atoms with Crippen molar-refractivity contribution in [2.24, 2.45) is 0 Å². The third-order valence-electron chi connectivity index (χ3n) is 3.33. The molecule has 0 unspecified atom stereocenters. The Hall–Kier alpha value is -3.20. The zero-order valence-corrected chi connectivity index (χ0v) is 14.6. The Morgan fingerprint density at radius 3 is 2.62 bits per heavy atom. The van der Waals surface area contributed by atoms with Crippen LogP contribution in [0.2, 0.25) is 5.02 Å². The summed E-state index contributed by atoms with van der Waals surface area (Å²) in [5.41, 5.74) is 0.0250. The average Bonchev–Trinajstić information content (AvgIpc) is 2.62. The minimum absolute atomic E-state index is 0.0500. The second-order valence-corrected chi connectivity index (χ2v) is 5.57. The SMILES string of the molecule is CNc1ccc([N+](=O)[O-])cc1C(=O)O[C@H](C)C(=O)Nc1ccc(Cl)cn1. The van der Waals surface area contributed by atoms with Gasteiger partial charge in [0, 0.05) is 31.1 Å². The summed E-state index contributed by atoms with van der Waals surface area (Å²) in [7, 11) is 1.56. The van der Waals surface area contributed by atoms with Crippen LogP contribution in [0.1, 0.15) is 17.3 Å². The van der Waals surface area contributed by atoms with Gasteiger partial charge in [-0.05, 0) is 25.1 Å². The molecule has 0 aliphatic rings. The molecule has 1 heterocycles. The number of aromatic nitrogens is 1. The summed E-state index contributed by atoms with van der Waals surface area (Å²) in [6.07, 6.45) is 0.208. The molecule has 0 aliphatic heterocycles. The molecule has 0 radical (unpaired) electrons. The molecule has 0 saturated heterocycles. The van der Waals surface area contributed by atoms with Crippen LogP contribution in [0.15, 0.2) is 36.5 Å². The van der Waals surface area contributed by atoms with Crippen molar-refractivity contribution in [1.29, 1.82) is 0 Å². The number of esters is 1. The maximum atomic E-state index is 12.3. The highest BCUT2D eigenvalue weighted by Gasteiger charge is 2.23. The van der Waals surface area contributed by atoms with Gasteiger partial charge in [0.05, 0.1) is 15.5 Å². The lowest BCUT2D eigenvalue weighted by molar-refractivity contribution is -0.384. The van der Waals surface area contributed by atoms with Crippen molar-refractivity contribution in [3.8, 4) is 0 Å². The number of ether oxygens (including phenoxy) is 1. The number of amides is 1. The second-order valence-electron chi connectivity index (χ2n) is 5.14. The number of carbonyl (C=O) groups is 2. The highest BCUT2D eigenvalue weighted by atomic mass is 35.5. The summed E-state index contributed by atoms with van der Waals surface area (Å²) < 4.78 is 5.10. The largest absolute Gasteiger partial charge is 0.449 e. The number of hydrogen-bond donors (Lipinski definition) is 2. The van der Waals surface area contributed by atoms with Crippen LogP contribution >= 0.6 is 11.6 Å². The summed E-state index contributed by atoms with van der Waals surface area (Å²) in [5, 5.41) is 16.5. The van der Waals surface area contributed by atoms with Gasteiger partial charge in [-0.15, -0.1) is 0 Å². The number of rotatable bonds is 6. The van der Waals surface area contributed by atoms with Crippen molar-refractivity contribution in [2.75, 3.05) is 17.7 Å². The van der Waals surface area contributed by atoms with Crippen LogP contribution in [0, 0.1) is 10.1 Å². The van der Waals surface area contributed by atoms with Crippen molar-refractivity contribution in [1.82, 2.24) is 4.98 Å². The predicted octanol–water partition coefficient (Wildman–Crippen LogP) is 2.87. The Labute approximate surface area is 153 Å². The molecule has 0 aliphatic carbocycles. The number of anilines is 2. The summed E-state index contributed by atoms with van der Waals surface area (Å²) in [6, 6.07) is 6.76. The Morgan fingerprint density at radius 1 is 1.31 bits per heavy atom. The fourth-order valence-corrected chi connectivity index (χ4v) is 2.10. The molecule has 1 aromatic heterocycles. The molecule has 9 nitrogen and oxygen atoms in total. The second kappa shape index (κ2) is 8.26. The third-order valence-corrected chi connectivity index (χ3v) is 3.56. The Balaban J connectivity index is 2.10. The normalized spacial score (nSPS) is 11.3. The molecule has 26 heavy (non-hydrogen) atoms. The number of non-ortho nitro benzene ring substituents is 1. The fourth-order valence-electron chi connectivity index (χ4n) is 1.99. The van der Waals surface area contributed by atoms with E-state index in [1.165, 1.54) is 31.3 Å². The minimum Gasteiger partial charge on any atom is -0.449 e.